The molecule has 0 aliphatic heterocycles. The van der Waals surface area contributed by atoms with E-state index in [2.05, 4.69) is 29.0 Å². The van der Waals surface area contributed by atoms with Crippen LogP contribution in [0.5, 0.6) is 0 Å². The van der Waals surface area contributed by atoms with Crippen LogP contribution in [-0.2, 0) is 16.8 Å². The zero-order chi connectivity index (χ0) is 32.2. The smallest absolute Gasteiger partial charge is 0.870 e. The van der Waals surface area contributed by atoms with Gasteiger partial charge in [-0.05, 0) is 43.3 Å². The number of allylic oxidation sites excluding steroid dienone is 4. The summed E-state index contributed by atoms with van der Waals surface area (Å²) in [6.07, 6.45) is 5.21. The van der Waals surface area contributed by atoms with Crippen molar-refractivity contribution in [3.05, 3.63) is 179 Å². The predicted molar refractivity (Wildman–Crippen MR) is 165 cm³/mol. The number of pyridine rings is 2. The molecule has 0 fully saturated rings. The van der Waals surface area contributed by atoms with Crippen molar-refractivity contribution in [2.75, 3.05) is 0 Å². The van der Waals surface area contributed by atoms with Crippen LogP contribution in [0.1, 0.15) is 47.0 Å². The molecule has 0 saturated heterocycles. The van der Waals surface area contributed by atoms with E-state index in [1.54, 1.807) is 48.8 Å². The van der Waals surface area contributed by atoms with E-state index in [4.69, 9.17) is 0 Å². The SMILES string of the molecule is Cc1ccccc1.O=C1C=C([O-])C(=O)c2ccccc21.O=C1C=C([O-])C(=O)c2ccccc21.[Co+2].c1ccc(-c2ccccn2)nc1. The van der Waals surface area contributed by atoms with Gasteiger partial charge < -0.3 is 10.2 Å². The topological polar surface area (TPSA) is 140 Å². The van der Waals surface area contributed by atoms with Crippen molar-refractivity contribution < 1.29 is 46.2 Å². The molecule has 2 aromatic heterocycles. The fourth-order valence-corrected chi connectivity index (χ4v) is 4.15. The van der Waals surface area contributed by atoms with E-state index in [1.807, 2.05) is 54.6 Å². The Hall–Kier alpha value is -5.77. The molecule has 2 aliphatic carbocycles. The van der Waals surface area contributed by atoms with Gasteiger partial charge in [-0.15, -0.1) is 0 Å². The summed E-state index contributed by atoms with van der Waals surface area (Å²) in [6.45, 7) is 2.08. The van der Waals surface area contributed by atoms with Crippen molar-refractivity contribution in [3.8, 4) is 11.4 Å². The summed E-state index contributed by atoms with van der Waals surface area (Å²) in [6, 6.07) is 34.5. The van der Waals surface area contributed by atoms with Gasteiger partial charge in [0, 0.05) is 34.6 Å². The monoisotopic (exact) mass is 653 g/mol. The Labute approximate surface area is 276 Å². The van der Waals surface area contributed by atoms with Crippen LogP contribution < -0.4 is 10.2 Å². The average Bonchev–Trinajstić information content (AvgIpc) is 3.08. The molecule has 3 aromatic carbocycles. The standard InChI is InChI=1S/C10H8N2.2C10H6O3.C7H8.Co/c1-3-7-11-9(5-1)10-6-2-4-8-12-10;2*11-8-5-9(12)10(13)7-4-2-1-3-6(7)8;1-7-5-3-2-4-6-7;/h1-8H;2*1-5,12H;2-6H,1H3;/q;;;;+2/p-2. The average molecular weight is 654 g/mol. The summed E-state index contributed by atoms with van der Waals surface area (Å²) in [5.41, 5.74) is 4.19. The zero-order valence-corrected chi connectivity index (χ0v) is 25.5. The van der Waals surface area contributed by atoms with E-state index in [1.165, 1.54) is 17.7 Å². The summed E-state index contributed by atoms with van der Waals surface area (Å²) in [5, 5.41) is 21.9. The van der Waals surface area contributed by atoms with E-state index < -0.39 is 23.1 Å². The second-order valence-electron chi connectivity index (χ2n) is 9.58. The first-order valence-corrected chi connectivity index (χ1v) is 13.7. The molecule has 2 heterocycles. The molecular formula is C37H26CoN2O6. The van der Waals surface area contributed by atoms with E-state index in [9.17, 15) is 29.4 Å². The first-order valence-electron chi connectivity index (χ1n) is 13.7. The maximum atomic E-state index is 11.2. The molecule has 229 valence electrons. The second kappa shape index (κ2) is 16.9. The molecule has 0 N–H and O–H groups in total. The summed E-state index contributed by atoms with van der Waals surface area (Å²) in [4.78, 5) is 53.3. The van der Waals surface area contributed by atoms with Gasteiger partial charge in [-0.2, -0.15) is 0 Å². The number of hydrogen-bond donors (Lipinski definition) is 0. The Balaban J connectivity index is 0.000000169. The van der Waals surface area contributed by atoms with Gasteiger partial charge in [0.05, 0.1) is 11.4 Å². The Bertz CT molecular complexity index is 1770. The van der Waals surface area contributed by atoms with Crippen LogP contribution in [0.2, 0.25) is 0 Å². The molecule has 0 spiro atoms. The van der Waals surface area contributed by atoms with Gasteiger partial charge >= 0.3 is 16.8 Å². The number of benzene rings is 3. The quantitative estimate of drug-likeness (QED) is 0.253. The van der Waals surface area contributed by atoms with Crippen molar-refractivity contribution in [2.45, 2.75) is 6.92 Å². The van der Waals surface area contributed by atoms with E-state index in [0.29, 0.717) is 11.1 Å². The Morgan fingerprint density at radius 1 is 0.457 bits per heavy atom. The number of carbonyl (C=O) groups is 4. The van der Waals surface area contributed by atoms with Crippen LogP contribution in [-0.4, -0.2) is 33.1 Å². The van der Waals surface area contributed by atoms with Gasteiger partial charge in [0.2, 0.25) is 0 Å². The fourth-order valence-electron chi connectivity index (χ4n) is 4.15. The number of hydrogen-bond acceptors (Lipinski definition) is 8. The zero-order valence-electron chi connectivity index (χ0n) is 24.5. The summed E-state index contributed by atoms with van der Waals surface area (Å²) < 4.78 is 0. The molecule has 46 heavy (non-hydrogen) atoms. The van der Waals surface area contributed by atoms with Gasteiger partial charge in [-0.25, -0.2) is 0 Å². The fraction of sp³-hybridized carbons (Fsp3) is 0.0270. The van der Waals surface area contributed by atoms with Crippen LogP contribution >= 0.6 is 0 Å². The van der Waals surface area contributed by atoms with Crippen molar-refractivity contribution in [2.24, 2.45) is 0 Å². The van der Waals surface area contributed by atoms with Gasteiger partial charge in [-0.3, -0.25) is 29.1 Å². The molecule has 1 radical (unpaired) electrons. The third kappa shape index (κ3) is 9.12. The molecular weight excluding hydrogens is 627 g/mol. The molecule has 0 amide bonds. The number of aromatic nitrogens is 2. The van der Waals surface area contributed by atoms with Crippen LogP contribution in [0.4, 0.5) is 0 Å². The van der Waals surface area contributed by atoms with Crippen LogP contribution in [0.15, 0.2) is 151 Å². The normalized spacial score (nSPS) is 12.5. The number of Topliss-reactive ketones (excluding diaryl/α,β-unsaturated/α-hetero) is 2. The Morgan fingerprint density at radius 3 is 1.13 bits per heavy atom. The van der Waals surface area contributed by atoms with Gasteiger partial charge in [0.1, 0.15) is 0 Å². The minimum Gasteiger partial charge on any atom is -0.870 e. The van der Waals surface area contributed by atoms with E-state index >= 15 is 0 Å². The third-order valence-corrected chi connectivity index (χ3v) is 6.38. The minimum absolute atomic E-state index is 0. The summed E-state index contributed by atoms with van der Waals surface area (Å²) >= 11 is 0. The Kier molecular flexibility index (Phi) is 12.8. The number of fused-ring (bicyclic) bond motifs is 2. The third-order valence-electron chi connectivity index (χ3n) is 6.38. The first-order chi connectivity index (χ1) is 21.8. The summed E-state index contributed by atoms with van der Waals surface area (Å²) in [7, 11) is 0. The molecule has 0 saturated carbocycles. The molecule has 2 aliphatic rings. The van der Waals surface area contributed by atoms with E-state index in [0.717, 1.165) is 23.5 Å². The summed E-state index contributed by atoms with van der Waals surface area (Å²) in [5.74, 6) is -3.45. The maximum Gasteiger partial charge on any atom is 2.00 e. The first kappa shape index (κ1) is 34.7. The molecule has 7 rings (SSSR count). The number of rotatable bonds is 1. The van der Waals surface area contributed by atoms with Crippen molar-refractivity contribution in [3.63, 3.8) is 0 Å². The largest absolute Gasteiger partial charge is 2.00 e. The molecule has 0 atom stereocenters. The van der Waals surface area contributed by atoms with Crippen LogP contribution in [0.25, 0.3) is 11.4 Å². The number of ketones is 4. The molecule has 5 aromatic rings. The number of aryl methyl sites for hydroxylation is 1. The van der Waals surface area contributed by atoms with Crippen molar-refractivity contribution in [1.82, 2.24) is 9.97 Å². The van der Waals surface area contributed by atoms with Crippen LogP contribution in [0.3, 0.4) is 0 Å². The predicted octanol–water partition coefficient (Wildman–Crippen LogP) is 4.76. The molecule has 9 heteroatoms. The van der Waals surface area contributed by atoms with E-state index in [-0.39, 0.29) is 39.5 Å². The molecule has 0 unspecified atom stereocenters. The molecule has 8 nitrogen and oxygen atoms in total. The molecule has 0 bridgehead atoms. The van der Waals surface area contributed by atoms with Gasteiger partial charge in [0.15, 0.2) is 23.1 Å². The minimum atomic E-state index is -0.733. The van der Waals surface area contributed by atoms with Crippen molar-refractivity contribution >= 4 is 23.1 Å². The van der Waals surface area contributed by atoms with Crippen LogP contribution in [0, 0.1) is 6.92 Å². The second-order valence-corrected chi connectivity index (χ2v) is 9.58. The van der Waals surface area contributed by atoms with Crippen molar-refractivity contribution in [1.29, 1.82) is 0 Å². The number of carbonyl (C=O) groups excluding carboxylic acids is 4. The maximum absolute atomic E-state index is 11.2. The van der Waals surface area contributed by atoms with Gasteiger partial charge in [-0.1, -0.05) is 108 Å². The van der Waals surface area contributed by atoms with Gasteiger partial charge in [0.25, 0.3) is 0 Å². The number of nitrogens with zero attached hydrogens (tertiary/aromatic N) is 2. The Morgan fingerprint density at radius 2 is 0.804 bits per heavy atom.